The second-order valence-electron chi connectivity index (χ2n) is 10.6. The molecule has 0 atom stereocenters. The summed E-state index contributed by atoms with van der Waals surface area (Å²) < 4.78 is 7.26. The highest BCUT2D eigenvalue weighted by Gasteiger charge is 2.32. The largest absolute Gasteiger partial charge is 0.511 e. The lowest BCUT2D eigenvalue weighted by molar-refractivity contribution is -0.114. The van der Waals surface area contributed by atoms with Crippen LogP contribution in [-0.2, 0) is 17.8 Å². The van der Waals surface area contributed by atoms with E-state index in [0.717, 1.165) is 83.3 Å². The van der Waals surface area contributed by atoms with Gasteiger partial charge < -0.3 is 19.3 Å². The Bertz CT molecular complexity index is 1620. The van der Waals surface area contributed by atoms with Gasteiger partial charge in [-0.3, -0.25) is 4.79 Å². The minimum Gasteiger partial charge on any atom is -0.449 e. The van der Waals surface area contributed by atoms with Gasteiger partial charge in [-0.1, -0.05) is 55.8 Å². The third-order valence-corrected chi connectivity index (χ3v) is 8.00. The van der Waals surface area contributed by atoms with Gasteiger partial charge in [0, 0.05) is 36.3 Å². The van der Waals surface area contributed by atoms with E-state index in [2.05, 4.69) is 29.7 Å². The highest BCUT2D eigenvalue weighted by atomic mass is 16.7. The van der Waals surface area contributed by atoms with Crippen molar-refractivity contribution in [3.05, 3.63) is 89.3 Å². The summed E-state index contributed by atoms with van der Waals surface area (Å²) in [6, 6.07) is 21.5. The number of hydrogen-bond acceptors (Lipinski definition) is 4. The van der Waals surface area contributed by atoms with Gasteiger partial charge in [0.15, 0.2) is 0 Å². The van der Waals surface area contributed by atoms with Crippen molar-refractivity contribution in [3.8, 4) is 16.9 Å². The van der Waals surface area contributed by atoms with E-state index in [1.807, 2.05) is 41.3 Å². The fourth-order valence-corrected chi connectivity index (χ4v) is 5.93. The molecule has 0 saturated carbocycles. The van der Waals surface area contributed by atoms with Gasteiger partial charge in [-0.2, -0.15) is 0 Å². The van der Waals surface area contributed by atoms with E-state index in [1.165, 1.54) is 12.0 Å². The van der Waals surface area contributed by atoms with E-state index in [0.29, 0.717) is 18.8 Å². The Labute approximate surface area is 233 Å². The van der Waals surface area contributed by atoms with Crippen LogP contribution < -0.4 is 9.64 Å². The van der Waals surface area contributed by atoms with Gasteiger partial charge in [0.2, 0.25) is 0 Å². The Morgan fingerprint density at radius 1 is 1.02 bits per heavy atom. The highest BCUT2D eigenvalue weighted by molar-refractivity contribution is 6.10. The molecular weight excluding hydrogens is 502 g/mol. The number of aryl methyl sites for hydroxylation is 1. The Balaban J connectivity index is 1.31. The molecule has 1 aliphatic carbocycles. The van der Waals surface area contributed by atoms with Crippen LogP contribution in [0.1, 0.15) is 56.8 Å². The second kappa shape index (κ2) is 11.0. The summed E-state index contributed by atoms with van der Waals surface area (Å²) >= 11 is 0. The summed E-state index contributed by atoms with van der Waals surface area (Å²) in [4.78, 5) is 31.3. The summed E-state index contributed by atoms with van der Waals surface area (Å²) in [6.45, 7) is 3.53. The maximum absolute atomic E-state index is 13.2. The van der Waals surface area contributed by atoms with E-state index in [-0.39, 0.29) is 5.91 Å². The first-order valence-electron chi connectivity index (χ1n) is 14.1. The van der Waals surface area contributed by atoms with Gasteiger partial charge in [0.05, 0.1) is 11.0 Å². The SMILES string of the molecule is CCCCc1nc2ccc(N3CC4=C(CCCC4)C3=O)cc2n1Cc1ccc(-c2ccccc2OC(=O)O)cc1. The van der Waals surface area contributed by atoms with Gasteiger partial charge in [-0.05, 0) is 73.1 Å². The predicted molar refractivity (Wildman–Crippen MR) is 156 cm³/mol. The number of carbonyl (C=O) groups excluding carboxylic acids is 1. The van der Waals surface area contributed by atoms with Crippen LogP contribution in [0.4, 0.5) is 10.5 Å². The fourth-order valence-electron chi connectivity index (χ4n) is 5.93. The van der Waals surface area contributed by atoms with Gasteiger partial charge in [-0.15, -0.1) is 0 Å². The maximum Gasteiger partial charge on any atom is 0.511 e. The molecule has 40 heavy (non-hydrogen) atoms. The highest BCUT2D eigenvalue weighted by Crippen LogP contribution is 2.36. The molecular formula is C33H33N3O4. The van der Waals surface area contributed by atoms with Crippen LogP contribution in [0.5, 0.6) is 5.75 Å². The quantitative estimate of drug-likeness (QED) is 0.188. The molecule has 2 aliphatic rings. The number of aromatic nitrogens is 2. The number of para-hydroxylation sites is 1. The van der Waals surface area contributed by atoms with E-state index >= 15 is 0 Å². The number of imidazole rings is 1. The van der Waals surface area contributed by atoms with Gasteiger partial charge in [0.25, 0.3) is 5.91 Å². The van der Waals surface area contributed by atoms with Gasteiger partial charge >= 0.3 is 6.16 Å². The van der Waals surface area contributed by atoms with E-state index in [4.69, 9.17) is 14.8 Å². The van der Waals surface area contributed by atoms with E-state index in [1.54, 1.807) is 12.1 Å². The van der Waals surface area contributed by atoms with Crippen LogP contribution >= 0.6 is 0 Å². The predicted octanol–water partition coefficient (Wildman–Crippen LogP) is 7.37. The van der Waals surface area contributed by atoms with Crippen LogP contribution in [0.15, 0.2) is 77.9 Å². The number of fused-ring (bicyclic) bond motifs is 1. The number of rotatable bonds is 8. The zero-order chi connectivity index (χ0) is 27.6. The molecule has 1 aliphatic heterocycles. The first-order valence-corrected chi connectivity index (χ1v) is 14.1. The average molecular weight is 536 g/mol. The van der Waals surface area contributed by atoms with Crippen molar-refractivity contribution in [2.45, 2.75) is 58.4 Å². The monoisotopic (exact) mass is 535 g/mol. The van der Waals surface area contributed by atoms with Crippen LogP contribution in [0.25, 0.3) is 22.2 Å². The number of benzene rings is 3. The van der Waals surface area contributed by atoms with E-state index in [9.17, 15) is 9.59 Å². The Hall–Kier alpha value is -4.39. The van der Waals surface area contributed by atoms with E-state index < -0.39 is 6.16 Å². The fraction of sp³-hybridized carbons (Fsp3) is 0.303. The Morgan fingerprint density at radius 2 is 1.82 bits per heavy atom. The molecule has 3 aromatic carbocycles. The van der Waals surface area contributed by atoms with Crippen molar-refractivity contribution in [2.24, 2.45) is 0 Å². The lowest BCUT2D eigenvalue weighted by Gasteiger charge is -2.18. The topological polar surface area (TPSA) is 84.7 Å². The van der Waals surface area contributed by atoms with Crippen molar-refractivity contribution in [3.63, 3.8) is 0 Å². The minimum atomic E-state index is -1.33. The van der Waals surface area contributed by atoms with Crippen molar-refractivity contribution in [1.29, 1.82) is 0 Å². The molecule has 7 heteroatoms. The summed E-state index contributed by atoms with van der Waals surface area (Å²) in [7, 11) is 0. The molecule has 1 amide bonds. The number of carbonyl (C=O) groups is 2. The molecule has 0 bridgehead atoms. The zero-order valence-electron chi connectivity index (χ0n) is 22.7. The molecule has 204 valence electrons. The molecule has 1 aromatic heterocycles. The Morgan fingerprint density at radius 3 is 2.60 bits per heavy atom. The van der Waals surface area contributed by atoms with Crippen LogP contribution in [0.2, 0.25) is 0 Å². The number of unbranched alkanes of at least 4 members (excludes halogenated alkanes) is 1. The number of nitrogens with zero attached hydrogens (tertiary/aromatic N) is 3. The maximum atomic E-state index is 13.2. The standard InChI is InChI=1S/C33H33N3O4/c1-2-3-12-31-34-28-18-17-25(35-21-24-8-4-5-10-27(24)32(35)37)19-29(28)36(31)20-22-13-15-23(16-14-22)26-9-6-7-11-30(26)40-33(38)39/h6-7,9,11,13-19H,2-5,8,10,12,20-21H2,1H3,(H,38,39). The molecule has 2 heterocycles. The number of hydrogen-bond donors (Lipinski definition) is 1. The van der Waals surface area contributed by atoms with Crippen molar-refractivity contribution < 1.29 is 19.4 Å². The van der Waals surface area contributed by atoms with Crippen LogP contribution in [0.3, 0.4) is 0 Å². The molecule has 0 unspecified atom stereocenters. The second-order valence-corrected chi connectivity index (χ2v) is 10.6. The van der Waals surface area contributed by atoms with Crippen molar-refractivity contribution in [2.75, 3.05) is 11.4 Å². The summed E-state index contributed by atoms with van der Waals surface area (Å²) in [5.74, 6) is 1.52. The van der Waals surface area contributed by atoms with Gasteiger partial charge in [-0.25, -0.2) is 9.78 Å². The van der Waals surface area contributed by atoms with Crippen LogP contribution in [-0.4, -0.2) is 33.3 Å². The first-order chi connectivity index (χ1) is 19.5. The molecule has 0 saturated heterocycles. The van der Waals surface area contributed by atoms with Gasteiger partial charge in [0.1, 0.15) is 11.6 Å². The summed E-state index contributed by atoms with van der Waals surface area (Å²) in [6.07, 6.45) is 5.89. The van der Waals surface area contributed by atoms with Crippen LogP contribution in [0, 0.1) is 0 Å². The Kier molecular flexibility index (Phi) is 7.11. The lowest BCUT2D eigenvalue weighted by Crippen LogP contribution is -2.26. The molecule has 0 fully saturated rings. The summed E-state index contributed by atoms with van der Waals surface area (Å²) in [5.41, 5.74) is 7.96. The molecule has 1 N–H and O–H groups in total. The molecule has 0 radical (unpaired) electrons. The number of amides is 1. The minimum absolute atomic E-state index is 0.161. The number of anilines is 1. The summed E-state index contributed by atoms with van der Waals surface area (Å²) in [5, 5.41) is 9.10. The average Bonchev–Trinajstić information content (AvgIpc) is 3.49. The zero-order valence-corrected chi connectivity index (χ0v) is 22.7. The number of ether oxygens (including phenoxy) is 1. The lowest BCUT2D eigenvalue weighted by atomic mass is 9.94. The third kappa shape index (κ3) is 4.99. The first kappa shape index (κ1) is 25.9. The third-order valence-electron chi connectivity index (χ3n) is 8.00. The molecule has 0 spiro atoms. The van der Waals surface area contributed by atoms with Crippen molar-refractivity contribution >= 4 is 28.8 Å². The molecule has 4 aromatic rings. The smallest absolute Gasteiger partial charge is 0.449 e. The number of carboxylic acid groups (broad SMARTS) is 1. The molecule has 7 nitrogen and oxygen atoms in total. The molecule has 6 rings (SSSR count). The van der Waals surface area contributed by atoms with Crippen molar-refractivity contribution in [1.82, 2.24) is 9.55 Å². The normalized spacial score (nSPS) is 15.1.